The molecule has 2 aromatic rings. The van der Waals surface area contributed by atoms with Crippen molar-refractivity contribution in [3.63, 3.8) is 0 Å². The molecule has 1 saturated heterocycles. The molecule has 2 amide bonds. The van der Waals surface area contributed by atoms with Crippen LogP contribution in [0.1, 0.15) is 12.5 Å². The monoisotopic (exact) mass is 424 g/mol. The van der Waals surface area contributed by atoms with Gasteiger partial charge >= 0.3 is 12.2 Å². The Morgan fingerprint density at radius 3 is 2.52 bits per heavy atom. The van der Waals surface area contributed by atoms with Crippen LogP contribution in [-0.4, -0.2) is 47.8 Å². The summed E-state index contributed by atoms with van der Waals surface area (Å²) in [6.45, 7) is 6.58. The van der Waals surface area contributed by atoms with Gasteiger partial charge in [-0.25, -0.2) is 9.78 Å². The van der Waals surface area contributed by atoms with Gasteiger partial charge in [0.05, 0.1) is 10.6 Å². The van der Waals surface area contributed by atoms with Gasteiger partial charge in [0.25, 0.3) is 0 Å². The maximum absolute atomic E-state index is 12.7. The molecule has 0 saturated carbocycles. The third-order valence-corrected chi connectivity index (χ3v) is 5.05. The van der Waals surface area contributed by atoms with E-state index < -0.39 is 11.7 Å². The number of carbonyl (C=O) groups is 1. The molecule has 1 aromatic carbocycles. The van der Waals surface area contributed by atoms with Crippen molar-refractivity contribution in [3.8, 4) is 0 Å². The van der Waals surface area contributed by atoms with Crippen LogP contribution in [0.15, 0.2) is 49.2 Å². The summed E-state index contributed by atoms with van der Waals surface area (Å²) in [7, 11) is 0. The second-order valence-corrected chi connectivity index (χ2v) is 7.19. The fourth-order valence-corrected chi connectivity index (χ4v) is 3.42. The van der Waals surface area contributed by atoms with E-state index in [1.54, 1.807) is 23.2 Å². The van der Waals surface area contributed by atoms with Crippen LogP contribution < -0.4 is 10.2 Å². The van der Waals surface area contributed by atoms with Gasteiger partial charge in [-0.2, -0.15) is 13.2 Å². The molecule has 9 heteroatoms. The highest BCUT2D eigenvalue weighted by Crippen LogP contribution is 2.32. The first kappa shape index (κ1) is 21.0. The van der Waals surface area contributed by atoms with Crippen molar-refractivity contribution in [2.75, 3.05) is 29.9 Å². The number of halogens is 4. The van der Waals surface area contributed by atoms with E-state index in [2.05, 4.69) is 16.9 Å². The number of hydrogen-bond donors (Lipinski definition) is 1. The van der Waals surface area contributed by atoms with Crippen molar-refractivity contribution >= 4 is 34.7 Å². The van der Waals surface area contributed by atoms with Crippen LogP contribution in [0.3, 0.4) is 0 Å². The number of benzene rings is 1. The van der Waals surface area contributed by atoms with E-state index in [4.69, 9.17) is 11.6 Å². The predicted octanol–water partition coefficient (Wildman–Crippen LogP) is 5.05. The average molecular weight is 425 g/mol. The third-order valence-electron chi connectivity index (χ3n) is 4.75. The minimum atomic E-state index is -4.49. The summed E-state index contributed by atoms with van der Waals surface area (Å²) in [5.41, 5.74) is -0.547. The van der Waals surface area contributed by atoms with Crippen LogP contribution in [0.5, 0.6) is 0 Å². The minimum absolute atomic E-state index is 0.0373. The molecule has 0 spiro atoms. The van der Waals surface area contributed by atoms with Gasteiger partial charge < -0.3 is 15.1 Å². The summed E-state index contributed by atoms with van der Waals surface area (Å²) in [4.78, 5) is 20.6. The average Bonchev–Trinajstić information content (AvgIpc) is 2.67. The molecule has 1 N–H and O–H groups in total. The summed E-state index contributed by atoms with van der Waals surface area (Å²) in [6, 6.07) is 8.54. The predicted molar refractivity (Wildman–Crippen MR) is 108 cm³/mol. The smallest absolute Gasteiger partial charge is 0.352 e. The number of urea groups is 1. The van der Waals surface area contributed by atoms with E-state index in [1.165, 1.54) is 24.3 Å². The van der Waals surface area contributed by atoms with Crippen molar-refractivity contribution in [2.45, 2.75) is 19.1 Å². The van der Waals surface area contributed by atoms with Gasteiger partial charge in [-0.15, -0.1) is 0 Å². The molecule has 1 atom stereocenters. The molecule has 5 nitrogen and oxygen atoms in total. The van der Waals surface area contributed by atoms with E-state index in [0.717, 1.165) is 0 Å². The fraction of sp³-hybridized carbons (Fsp3) is 0.300. The Balaban J connectivity index is 1.62. The van der Waals surface area contributed by atoms with Crippen LogP contribution in [0.4, 0.5) is 29.5 Å². The second kappa shape index (κ2) is 8.32. The Kier molecular flexibility index (Phi) is 6.02. The Morgan fingerprint density at radius 1 is 1.24 bits per heavy atom. The lowest BCUT2D eigenvalue weighted by atomic mass is 10.1. The third kappa shape index (κ3) is 4.82. The van der Waals surface area contributed by atoms with Crippen LogP contribution in [0, 0.1) is 0 Å². The number of allylic oxidation sites excluding steroid dienone is 1. The highest BCUT2D eigenvalue weighted by atomic mass is 35.5. The molecule has 1 aliphatic rings. The minimum Gasteiger partial charge on any atom is -0.352 e. The summed E-state index contributed by atoms with van der Waals surface area (Å²) in [6.07, 6.45) is -2.82. The van der Waals surface area contributed by atoms with Gasteiger partial charge in [0.2, 0.25) is 0 Å². The maximum atomic E-state index is 12.7. The number of nitrogens with one attached hydrogen (secondary N) is 1. The zero-order valence-corrected chi connectivity index (χ0v) is 16.5. The van der Waals surface area contributed by atoms with Crippen molar-refractivity contribution in [3.05, 3.63) is 59.8 Å². The number of piperazine rings is 1. The van der Waals surface area contributed by atoms with E-state index in [0.29, 0.717) is 36.2 Å². The first-order valence-electron chi connectivity index (χ1n) is 8.96. The highest BCUT2D eigenvalue weighted by molar-refractivity contribution is 6.32. The lowest BCUT2D eigenvalue weighted by Crippen LogP contribution is -2.55. The topological polar surface area (TPSA) is 48.5 Å². The number of nitrogens with zero attached hydrogens (tertiary/aromatic N) is 3. The summed E-state index contributed by atoms with van der Waals surface area (Å²) >= 11 is 6.20. The van der Waals surface area contributed by atoms with Crippen LogP contribution in [-0.2, 0) is 0 Å². The van der Waals surface area contributed by atoms with Gasteiger partial charge in [0.1, 0.15) is 5.82 Å². The lowest BCUT2D eigenvalue weighted by molar-refractivity contribution is -0.0686. The Hall–Kier alpha value is -2.74. The van der Waals surface area contributed by atoms with Gasteiger partial charge in [0.15, 0.2) is 0 Å². The number of aromatic nitrogens is 1. The highest BCUT2D eigenvalue weighted by Gasteiger charge is 2.33. The van der Waals surface area contributed by atoms with Crippen molar-refractivity contribution in [1.82, 2.24) is 9.88 Å². The first-order valence-corrected chi connectivity index (χ1v) is 9.34. The zero-order chi connectivity index (χ0) is 21.2. The number of carbonyl (C=O) groups excluding carboxylic acids is 1. The molecule has 154 valence electrons. The molecule has 0 radical (unpaired) electrons. The summed E-state index contributed by atoms with van der Waals surface area (Å²) < 4.78 is 38.2. The molecular weight excluding hydrogens is 405 g/mol. The van der Waals surface area contributed by atoms with E-state index in [-0.39, 0.29) is 17.6 Å². The molecule has 2 heterocycles. The number of amides is 2. The quantitative estimate of drug-likeness (QED) is 0.749. The number of alkyl halides is 3. The molecule has 1 aromatic heterocycles. The Morgan fingerprint density at radius 2 is 1.93 bits per heavy atom. The van der Waals surface area contributed by atoms with Gasteiger partial charge in [-0.05, 0) is 36.8 Å². The first-order chi connectivity index (χ1) is 13.7. The molecule has 1 unspecified atom stereocenters. The molecular formula is C20H20ClF3N4O. The van der Waals surface area contributed by atoms with Crippen molar-refractivity contribution in [1.29, 1.82) is 0 Å². The van der Waals surface area contributed by atoms with Crippen molar-refractivity contribution in [2.24, 2.45) is 0 Å². The fourth-order valence-electron chi connectivity index (χ4n) is 3.18. The van der Waals surface area contributed by atoms with Gasteiger partial charge in [-0.3, -0.25) is 0 Å². The normalized spacial score (nSPS) is 17.2. The molecule has 0 aliphatic carbocycles. The second-order valence-electron chi connectivity index (χ2n) is 6.78. The van der Waals surface area contributed by atoms with Crippen LogP contribution in [0.25, 0.3) is 5.57 Å². The van der Waals surface area contributed by atoms with Gasteiger partial charge in [-0.1, -0.05) is 30.3 Å². The molecule has 29 heavy (non-hydrogen) atoms. The standard InChI is InChI=1S/C20H20ClF3N4O/c1-13-12-27(18-17(21)4-3-9-25-18)10-11-28(13)19(29)26-16-7-5-15(6-8-16)14(2)20(22,23)24/h3-9,13H,2,10-12H2,1H3,(H,26,29). The number of anilines is 2. The van der Waals surface area contributed by atoms with Crippen LogP contribution >= 0.6 is 11.6 Å². The summed E-state index contributed by atoms with van der Waals surface area (Å²) in [5.74, 6) is 0.682. The molecule has 1 fully saturated rings. The number of pyridine rings is 1. The summed E-state index contributed by atoms with van der Waals surface area (Å²) in [5, 5.41) is 3.28. The zero-order valence-electron chi connectivity index (χ0n) is 15.7. The van der Waals surface area contributed by atoms with Gasteiger partial charge in [0, 0.05) is 37.6 Å². The molecule has 3 rings (SSSR count). The van der Waals surface area contributed by atoms with Crippen molar-refractivity contribution < 1.29 is 18.0 Å². The molecule has 0 bridgehead atoms. The Bertz CT molecular complexity index is 901. The lowest BCUT2D eigenvalue weighted by Gasteiger charge is -2.40. The maximum Gasteiger partial charge on any atom is 0.416 e. The van der Waals surface area contributed by atoms with Crippen LogP contribution in [0.2, 0.25) is 5.02 Å². The number of hydrogen-bond acceptors (Lipinski definition) is 3. The number of rotatable bonds is 3. The SMILES string of the molecule is C=C(c1ccc(NC(=O)N2CCN(c3ncccc3Cl)CC2C)cc1)C(F)(F)F. The molecule has 1 aliphatic heterocycles. The van der Waals surface area contributed by atoms with E-state index in [9.17, 15) is 18.0 Å². The van der Waals surface area contributed by atoms with E-state index >= 15 is 0 Å². The Labute approximate surface area is 171 Å². The van der Waals surface area contributed by atoms with E-state index in [1.807, 2.05) is 11.8 Å². The largest absolute Gasteiger partial charge is 0.416 e.